The minimum Gasteiger partial charge on any atom is -0.483 e. The molecule has 0 aliphatic heterocycles. The second kappa shape index (κ2) is 9.79. The SMILES string of the molecule is CC(C)(C)c1cc(Br)ccc1OCC(=O)NNC(=O)c1ccc(-c2ccccc2)cc1. The molecule has 160 valence electrons. The molecule has 5 nitrogen and oxygen atoms in total. The lowest BCUT2D eigenvalue weighted by Crippen LogP contribution is -2.43. The molecule has 3 aromatic rings. The van der Waals surface area contributed by atoms with E-state index in [1.165, 1.54) is 0 Å². The molecule has 2 amide bonds. The number of rotatable bonds is 5. The summed E-state index contributed by atoms with van der Waals surface area (Å²) in [6.07, 6.45) is 0. The molecule has 0 aromatic heterocycles. The molecule has 6 heteroatoms. The Kier molecular flexibility index (Phi) is 7.13. The molecule has 0 saturated heterocycles. The van der Waals surface area contributed by atoms with E-state index in [4.69, 9.17) is 4.74 Å². The van der Waals surface area contributed by atoms with Crippen LogP contribution in [0.4, 0.5) is 0 Å². The topological polar surface area (TPSA) is 67.4 Å². The van der Waals surface area contributed by atoms with Crippen LogP contribution < -0.4 is 15.6 Å². The average Bonchev–Trinajstić information content (AvgIpc) is 2.76. The molecule has 0 heterocycles. The quantitative estimate of drug-likeness (QED) is 0.489. The maximum atomic E-state index is 12.3. The number of hydrogen-bond donors (Lipinski definition) is 2. The van der Waals surface area contributed by atoms with Crippen molar-refractivity contribution in [1.29, 1.82) is 0 Å². The number of hydrogen-bond acceptors (Lipinski definition) is 3. The number of halogens is 1. The summed E-state index contributed by atoms with van der Waals surface area (Å²) in [5, 5.41) is 0. The molecule has 0 atom stereocenters. The zero-order chi connectivity index (χ0) is 22.4. The van der Waals surface area contributed by atoms with Crippen LogP contribution in [0, 0.1) is 0 Å². The van der Waals surface area contributed by atoms with Gasteiger partial charge in [0.15, 0.2) is 6.61 Å². The average molecular weight is 481 g/mol. The summed E-state index contributed by atoms with van der Waals surface area (Å²) >= 11 is 3.47. The lowest BCUT2D eigenvalue weighted by molar-refractivity contribution is -0.123. The normalized spacial score (nSPS) is 11.0. The van der Waals surface area contributed by atoms with Crippen molar-refractivity contribution in [3.63, 3.8) is 0 Å². The number of hydrazine groups is 1. The largest absolute Gasteiger partial charge is 0.483 e. The van der Waals surface area contributed by atoms with Crippen molar-refractivity contribution in [2.24, 2.45) is 0 Å². The molecule has 0 radical (unpaired) electrons. The van der Waals surface area contributed by atoms with E-state index in [1.54, 1.807) is 12.1 Å². The first kappa shape index (κ1) is 22.6. The fraction of sp³-hybridized carbons (Fsp3) is 0.200. The number of ether oxygens (including phenoxy) is 1. The van der Waals surface area contributed by atoms with Gasteiger partial charge >= 0.3 is 0 Å². The van der Waals surface area contributed by atoms with E-state index in [0.717, 1.165) is 21.2 Å². The van der Waals surface area contributed by atoms with Gasteiger partial charge in [0.25, 0.3) is 11.8 Å². The zero-order valence-corrected chi connectivity index (χ0v) is 19.3. The van der Waals surface area contributed by atoms with E-state index in [1.807, 2.05) is 60.7 Å². The van der Waals surface area contributed by atoms with E-state index in [-0.39, 0.29) is 12.0 Å². The van der Waals surface area contributed by atoms with Crippen molar-refractivity contribution in [3.05, 3.63) is 88.4 Å². The third kappa shape index (κ3) is 6.18. The van der Waals surface area contributed by atoms with Crippen molar-refractivity contribution >= 4 is 27.7 Å². The van der Waals surface area contributed by atoms with Crippen molar-refractivity contribution in [2.45, 2.75) is 26.2 Å². The molecular weight excluding hydrogens is 456 g/mol. The Morgan fingerprint density at radius 3 is 2.16 bits per heavy atom. The molecule has 31 heavy (non-hydrogen) atoms. The molecule has 0 fully saturated rings. The summed E-state index contributed by atoms with van der Waals surface area (Å²) < 4.78 is 6.64. The standard InChI is InChI=1S/C25H25BrN2O3/c1-25(2,3)21-15-20(26)13-14-22(21)31-16-23(29)27-28-24(30)19-11-9-18(10-12-19)17-7-5-4-6-8-17/h4-15H,16H2,1-3H3,(H,27,29)(H,28,30). The number of carbonyl (C=O) groups excluding carboxylic acids is 2. The molecule has 0 aliphatic carbocycles. The number of carbonyl (C=O) groups is 2. The van der Waals surface area contributed by atoms with E-state index < -0.39 is 11.8 Å². The van der Waals surface area contributed by atoms with Crippen LogP contribution in [0.25, 0.3) is 11.1 Å². The van der Waals surface area contributed by atoms with Crippen LogP contribution in [-0.2, 0) is 10.2 Å². The molecule has 0 aliphatic rings. The third-order valence-corrected chi connectivity index (χ3v) is 5.17. The smallest absolute Gasteiger partial charge is 0.276 e. The first-order valence-electron chi connectivity index (χ1n) is 9.91. The van der Waals surface area contributed by atoms with Gasteiger partial charge in [-0.2, -0.15) is 0 Å². The Hall–Kier alpha value is -3.12. The summed E-state index contributed by atoms with van der Waals surface area (Å²) in [5.74, 6) is -0.210. The first-order chi connectivity index (χ1) is 14.7. The van der Waals surface area contributed by atoms with Crippen molar-refractivity contribution < 1.29 is 14.3 Å². The van der Waals surface area contributed by atoms with Gasteiger partial charge in [-0.25, -0.2) is 0 Å². The summed E-state index contributed by atoms with van der Waals surface area (Å²) in [5.41, 5.74) is 8.19. The van der Waals surface area contributed by atoms with Gasteiger partial charge in [-0.15, -0.1) is 0 Å². The van der Waals surface area contributed by atoms with Crippen LogP contribution in [0.5, 0.6) is 5.75 Å². The van der Waals surface area contributed by atoms with Gasteiger partial charge in [0.1, 0.15) is 5.75 Å². The van der Waals surface area contributed by atoms with Gasteiger partial charge in [-0.1, -0.05) is 79.2 Å². The van der Waals surface area contributed by atoms with Crippen LogP contribution in [0.1, 0.15) is 36.7 Å². The van der Waals surface area contributed by atoms with Crippen molar-refractivity contribution in [1.82, 2.24) is 10.9 Å². The summed E-state index contributed by atoms with van der Waals surface area (Å²) in [4.78, 5) is 24.5. The molecule has 0 saturated carbocycles. The predicted octanol–water partition coefficient (Wildman–Crippen LogP) is 5.25. The molecule has 0 bridgehead atoms. The molecule has 2 N–H and O–H groups in total. The maximum Gasteiger partial charge on any atom is 0.276 e. The summed E-state index contributed by atoms with van der Waals surface area (Å²) in [7, 11) is 0. The number of amides is 2. The highest BCUT2D eigenvalue weighted by atomic mass is 79.9. The maximum absolute atomic E-state index is 12.3. The second-order valence-electron chi connectivity index (χ2n) is 8.12. The molecule has 3 rings (SSSR count). The Bertz CT molecular complexity index is 1060. The Balaban J connectivity index is 1.54. The lowest BCUT2D eigenvalue weighted by Gasteiger charge is -2.23. The van der Waals surface area contributed by atoms with Crippen LogP contribution in [0.3, 0.4) is 0 Å². The van der Waals surface area contributed by atoms with Crippen LogP contribution >= 0.6 is 15.9 Å². The van der Waals surface area contributed by atoms with Crippen LogP contribution in [0.2, 0.25) is 0 Å². The first-order valence-corrected chi connectivity index (χ1v) is 10.7. The van der Waals surface area contributed by atoms with Gasteiger partial charge in [0.2, 0.25) is 0 Å². The van der Waals surface area contributed by atoms with Crippen LogP contribution in [0.15, 0.2) is 77.3 Å². The molecular formula is C25H25BrN2O3. The molecule has 0 unspecified atom stereocenters. The number of nitrogens with one attached hydrogen (secondary N) is 2. The van der Waals surface area contributed by atoms with E-state index in [9.17, 15) is 9.59 Å². The lowest BCUT2D eigenvalue weighted by atomic mass is 9.86. The fourth-order valence-electron chi connectivity index (χ4n) is 3.04. The highest BCUT2D eigenvalue weighted by molar-refractivity contribution is 9.10. The Morgan fingerprint density at radius 1 is 0.871 bits per heavy atom. The minimum atomic E-state index is -0.447. The van der Waals surface area contributed by atoms with Crippen LogP contribution in [-0.4, -0.2) is 18.4 Å². The number of benzene rings is 3. The Morgan fingerprint density at radius 2 is 1.52 bits per heavy atom. The Labute approximate surface area is 190 Å². The second-order valence-corrected chi connectivity index (χ2v) is 9.04. The van der Waals surface area contributed by atoms with Gasteiger partial charge in [0.05, 0.1) is 0 Å². The minimum absolute atomic E-state index is 0.143. The highest BCUT2D eigenvalue weighted by Gasteiger charge is 2.20. The third-order valence-electron chi connectivity index (χ3n) is 4.68. The van der Waals surface area contributed by atoms with Gasteiger partial charge in [0, 0.05) is 15.6 Å². The summed E-state index contributed by atoms with van der Waals surface area (Å²) in [6.45, 7) is 6.01. The van der Waals surface area contributed by atoms with E-state index >= 15 is 0 Å². The molecule has 3 aromatic carbocycles. The predicted molar refractivity (Wildman–Crippen MR) is 126 cm³/mol. The highest BCUT2D eigenvalue weighted by Crippen LogP contribution is 2.33. The van der Waals surface area contributed by atoms with Crippen molar-refractivity contribution in [3.8, 4) is 16.9 Å². The van der Waals surface area contributed by atoms with Gasteiger partial charge in [-0.3, -0.25) is 20.4 Å². The van der Waals surface area contributed by atoms with Gasteiger partial charge < -0.3 is 4.74 Å². The van der Waals surface area contributed by atoms with Gasteiger partial charge in [-0.05, 0) is 46.9 Å². The monoisotopic (exact) mass is 480 g/mol. The fourth-order valence-corrected chi connectivity index (χ4v) is 3.40. The molecule has 0 spiro atoms. The van der Waals surface area contributed by atoms with E-state index in [2.05, 4.69) is 47.6 Å². The van der Waals surface area contributed by atoms with Crippen molar-refractivity contribution in [2.75, 3.05) is 6.61 Å². The zero-order valence-electron chi connectivity index (χ0n) is 17.7. The van der Waals surface area contributed by atoms with E-state index in [0.29, 0.717) is 11.3 Å². The summed E-state index contributed by atoms with van der Waals surface area (Å²) in [6, 6.07) is 22.7.